The molecule has 11 heteroatoms. The maximum Gasteiger partial charge on any atom is 0.234 e. The van der Waals surface area contributed by atoms with Crippen molar-refractivity contribution in [1.29, 1.82) is 0 Å². The van der Waals surface area contributed by atoms with Crippen LogP contribution in [-0.4, -0.2) is 65.4 Å². The van der Waals surface area contributed by atoms with Gasteiger partial charge in [-0.25, -0.2) is 9.97 Å². The highest BCUT2D eigenvalue weighted by atomic mass is 32.2. The van der Waals surface area contributed by atoms with E-state index in [2.05, 4.69) is 25.2 Å². The molecule has 2 aromatic heterocycles. The van der Waals surface area contributed by atoms with Gasteiger partial charge in [0, 0.05) is 30.7 Å². The highest BCUT2D eigenvalue weighted by Gasteiger charge is 2.19. The van der Waals surface area contributed by atoms with Crippen molar-refractivity contribution in [1.82, 2.24) is 15.0 Å². The summed E-state index contributed by atoms with van der Waals surface area (Å²) in [4.78, 5) is 28.2. The maximum atomic E-state index is 12.5. The zero-order valence-electron chi connectivity index (χ0n) is 16.6. The highest BCUT2D eigenvalue weighted by Crippen LogP contribution is 2.35. The predicted molar refractivity (Wildman–Crippen MR) is 124 cm³/mol. The second-order valence-corrected chi connectivity index (χ2v) is 9.50. The Morgan fingerprint density at radius 1 is 1.23 bits per heavy atom. The van der Waals surface area contributed by atoms with Crippen molar-refractivity contribution in [2.45, 2.75) is 5.03 Å². The first-order valence-electron chi connectivity index (χ1n) is 9.27. The number of ether oxygens (including phenoxy) is 2. The molecule has 1 aromatic carbocycles. The van der Waals surface area contributed by atoms with Crippen molar-refractivity contribution in [3.8, 4) is 11.5 Å². The summed E-state index contributed by atoms with van der Waals surface area (Å²) in [6, 6.07) is 5.27. The minimum Gasteiger partial charge on any atom is -0.497 e. The summed E-state index contributed by atoms with van der Waals surface area (Å²) in [6.45, 7) is 1.98. The van der Waals surface area contributed by atoms with Gasteiger partial charge in [-0.15, -0.1) is 0 Å². The van der Waals surface area contributed by atoms with Crippen molar-refractivity contribution in [2.75, 3.05) is 54.8 Å². The lowest BCUT2D eigenvalue weighted by Crippen LogP contribution is -2.32. The molecule has 8 nitrogen and oxygen atoms in total. The third-order valence-electron chi connectivity index (χ3n) is 4.45. The topological polar surface area (TPSA) is 89.5 Å². The lowest BCUT2D eigenvalue weighted by atomic mass is 10.2. The van der Waals surface area contributed by atoms with Crippen LogP contribution >= 0.6 is 34.9 Å². The quantitative estimate of drug-likeness (QED) is 0.418. The summed E-state index contributed by atoms with van der Waals surface area (Å²) < 4.78 is 11.5. The second kappa shape index (κ2) is 9.71. The van der Waals surface area contributed by atoms with E-state index in [1.807, 2.05) is 11.8 Å². The number of anilines is 2. The molecule has 0 radical (unpaired) electrons. The van der Waals surface area contributed by atoms with Crippen LogP contribution in [0.5, 0.6) is 11.5 Å². The number of fused-ring (bicyclic) bond motifs is 1. The molecule has 1 N–H and O–H groups in total. The van der Waals surface area contributed by atoms with Gasteiger partial charge < -0.3 is 19.7 Å². The van der Waals surface area contributed by atoms with E-state index in [-0.39, 0.29) is 11.7 Å². The molecule has 1 aliphatic heterocycles. The minimum atomic E-state index is -0.156. The number of rotatable bonds is 7. The number of amides is 1. The van der Waals surface area contributed by atoms with Gasteiger partial charge in [0.25, 0.3) is 0 Å². The molecule has 1 saturated heterocycles. The van der Waals surface area contributed by atoms with Crippen molar-refractivity contribution >= 4 is 61.9 Å². The summed E-state index contributed by atoms with van der Waals surface area (Å²) in [5.41, 5.74) is 1.25. The lowest BCUT2D eigenvalue weighted by molar-refractivity contribution is -0.113. The van der Waals surface area contributed by atoms with Gasteiger partial charge in [-0.3, -0.25) is 4.79 Å². The molecule has 30 heavy (non-hydrogen) atoms. The zero-order valence-corrected chi connectivity index (χ0v) is 19.0. The summed E-state index contributed by atoms with van der Waals surface area (Å²) in [5, 5.41) is 4.62. The molecular formula is C19H21N5O3S3. The van der Waals surface area contributed by atoms with E-state index in [4.69, 9.17) is 9.47 Å². The number of benzene rings is 1. The standard InChI is InChI=1S/C19H21N5O3S3/c1-26-12-3-4-14(27-2)13(9-12)22-15(25)10-29-18-16-17(20-11-21-18)23-19(30-16)24-5-7-28-8-6-24/h3-4,9,11H,5-8,10H2,1-2H3,(H,22,25). The van der Waals surface area contributed by atoms with Crippen LogP contribution in [0, 0.1) is 0 Å². The Bertz CT molecular complexity index is 1040. The van der Waals surface area contributed by atoms with Gasteiger partial charge in [0.05, 0.1) is 25.7 Å². The van der Waals surface area contributed by atoms with E-state index in [0.29, 0.717) is 22.8 Å². The first kappa shape index (κ1) is 21.0. The molecule has 0 unspecified atom stereocenters. The third kappa shape index (κ3) is 4.73. The largest absolute Gasteiger partial charge is 0.497 e. The Morgan fingerprint density at radius 3 is 2.83 bits per heavy atom. The van der Waals surface area contributed by atoms with Gasteiger partial charge in [0.1, 0.15) is 27.6 Å². The minimum absolute atomic E-state index is 0.156. The van der Waals surface area contributed by atoms with E-state index < -0.39 is 0 Å². The number of nitrogens with zero attached hydrogens (tertiary/aromatic N) is 4. The van der Waals surface area contributed by atoms with E-state index >= 15 is 0 Å². The van der Waals surface area contributed by atoms with Gasteiger partial charge in [-0.1, -0.05) is 23.1 Å². The molecule has 4 rings (SSSR count). The van der Waals surface area contributed by atoms with Gasteiger partial charge in [-0.05, 0) is 12.1 Å². The molecule has 1 amide bonds. The number of thiazole rings is 1. The third-order valence-corrected chi connectivity index (χ3v) is 7.62. The number of methoxy groups -OCH3 is 2. The Kier molecular flexibility index (Phi) is 6.80. The number of carbonyl (C=O) groups excluding carboxylic acids is 1. The molecule has 3 heterocycles. The molecular weight excluding hydrogens is 442 g/mol. The summed E-state index contributed by atoms with van der Waals surface area (Å²) >= 11 is 4.92. The van der Waals surface area contributed by atoms with Crippen LogP contribution < -0.4 is 19.7 Å². The number of hydrogen-bond donors (Lipinski definition) is 1. The van der Waals surface area contributed by atoms with Crippen molar-refractivity contribution in [2.24, 2.45) is 0 Å². The zero-order chi connectivity index (χ0) is 20.9. The fourth-order valence-electron chi connectivity index (χ4n) is 2.95. The summed E-state index contributed by atoms with van der Waals surface area (Å²) in [6.07, 6.45) is 1.50. The first-order valence-corrected chi connectivity index (χ1v) is 12.2. The number of carbonyl (C=O) groups is 1. The van der Waals surface area contributed by atoms with Crippen LogP contribution in [0.3, 0.4) is 0 Å². The van der Waals surface area contributed by atoms with Crippen LogP contribution in [0.25, 0.3) is 10.3 Å². The van der Waals surface area contributed by atoms with Gasteiger partial charge >= 0.3 is 0 Å². The van der Waals surface area contributed by atoms with E-state index in [9.17, 15) is 4.79 Å². The van der Waals surface area contributed by atoms with E-state index in [1.54, 1.807) is 43.8 Å². The molecule has 3 aromatic rings. The Morgan fingerprint density at radius 2 is 2.07 bits per heavy atom. The summed E-state index contributed by atoms with van der Waals surface area (Å²) in [7, 11) is 3.14. The number of hydrogen-bond acceptors (Lipinski definition) is 10. The van der Waals surface area contributed by atoms with Gasteiger partial charge in [-0.2, -0.15) is 16.7 Å². The van der Waals surface area contributed by atoms with Crippen LogP contribution in [0.4, 0.5) is 10.8 Å². The fraction of sp³-hybridized carbons (Fsp3) is 0.368. The molecule has 0 bridgehead atoms. The predicted octanol–water partition coefficient (Wildman–Crippen LogP) is 3.39. The molecule has 1 fully saturated rings. The number of nitrogens with one attached hydrogen (secondary N) is 1. The Hall–Kier alpha value is -2.24. The van der Waals surface area contributed by atoms with Crippen molar-refractivity contribution in [3.63, 3.8) is 0 Å². The normalized spacial score (nSPS) is 14.0. The second-order valence-electron chi connectivity index (χ2n) is 6.33. The number of aromatic nitrogens is 3. The van der Waals surface area contributed by atoms with Crippen LogP contribution in [0.2, 0.25) is 0 Å². The Balaban J connectivity index is 1.46. The molecule has 1 aliphatic rings. The van der Waals surface area contributed by atoms with Crippen molar-refractivity contribution in [3.05, 3.63) is 24.5 Å². The highest BCUT2D eigenvalue weighted by molar-refractivity contribution is 8.00. The molecule has 158 valence electrons. The number of thioether (sulfide) groups is 2. The SMILES string of the molecule is COc1ccc(OC)c(NC(=O)CSc2ncnc3nc(N4CCSCC4)sc23)c1. The average Bonchev–Trinajstić information content (AvgIpc) is 3.23. The first-order chi connectivity index (χ1) is 14.7. The van der Waals surface area contributed by atoms with Crippen LogP contribution in [0.15, 0.2) is 29.6 Å². The van der Waals surface area contributed by atoms with Crippen LogP contribution in [-0.2, 0) is 4.79 Å². The maximum absolute atomic E-state index is 12.5. The average molecular weight is 464 g/mol. The van der Waals surface area contributed by atoms with Crippen LogP contribution in [0.1, 0.15) is 0 Å². The van der Waals surface area contributed by atoms with Gasteiger partial charge in [0.2, 0.25) is 5.91 Å². The fourth-order valence-corrected chi connectivity index (χ4v) is 5.79. The lowest BCUT2D eigenvalue weighted by Gasteiger charge is -2.25. The molecule has 0 saturated carbocycles. The molecule has 0 atom stereocenters. The molecule has 0 spiro atoms. The Labute approximate surface area is 186 Å². The summed E-state index contributed by atoms with van der Waals surface area (Å²) in [5.74, 6) is 3.49. The monoisotopic (exact) mass is 463 g/mol. The van der Waals surface area contributed by atoms with Crippen molar-refractivity contribution < 1.29 is 14.3 Å². The van der Waals surface area contributed by atoms with E-state index in [0.717, 1.165) is 39.5 Å². The molecule has 0 aliphatic carbocycles. The smallest absolute Gasteiger partial charge is 0.234 e. The van der Waals surface area contributed by atoms with Gasteiger partial charge in [0.15, 0.2) is 10.8 Å². The van der Waals surface area contributed by atoms with E-state index in [1.165, 1.54) is 18.1 Å².